The number of aliphatic carboxylic acids is 1. The van der Waals surface area contributed by atoms with Gasteiger partial charge in [-0.3, -0.25) is 9.59 Å². The molecule has 0 saturated carbocycles. The van der Waals surface area contributed by atoms with Gasteiger partial charge in [-0.2, -0.15) is 0 Å². The summed E-state index contributed by atoms with van der Waals surface area (Å²) in [7, 11) is 0. The molecule has 1 aromatic rings. The number of carboxylic acid groups (broad SMARTS) is 1. The molecule has 0 bridgehead atoms. The third kappa shape index (κ3) is 3.89. The molecule has 1 aromatic heterocycles. The van der Waals surface area contributed by atoms with Crippen molar-refractivity contribution in [3.8, 4) is 0 Å². The lowest BCUT2D eigenvalue weighted by molar-refractivity contribution is -0.138. The van der Waals surface area contributed by atoms with E-state index >= 15 is 0 Å². The van der Waals surface area contributed by atoms with Crippen molar-refractivity contribution < 1.29 is 19.1 Å². The SMILES string of the molecule is CC[C@](C)(CC(=O)O)NC(=O)c1ccc(Br)o1. The van der Waals surface area contributed by atoms with Crippen LogP contribution in [0.4, 0.5) is 0 Å². The Hall–Kier alpha value is -1.30. The maximum atomic E-state index is 11.8. The summed E-state index contributed by atoms with van der Waals surface area (Å²) in [6.45, 7) is 3.51. The summed E-state index contributed by atoms with van der Waals surface area (Å²) in [6.07, 6.45) is 0.393. The van der Waals surface area contributed by atoms with E-state index in [1.807, 2.05) is 6.92 Å². The number of carbonyl (C=O) groups excluding carboxylic acids is 1. The maximum Gasteiger partial charge on any atom is 0.305 e. The predicted molar refractivity (Wildman–Crippen MR) is 64.8 cm³/mol. The first-order valence-electron chi connectivity index (χ1n) is 5.16. The molecular weight excluding hydrogens is 290 g/mol. The average molecular weight is 304 g/mol. The van der Waals surface area contributed by atoms with Crippen molar-refractivity contribution in [1.29, 1.82) is 0 Å². The number of rotatable bonds is 5. The molecule has 17 heavy (non-hydrogen) atoms. The van der Waals surface area contributed by atoms with Crippen molar-refractivity contribution in [3.63, 3.8) is 0 Å². The molecule has 1 heterocycles. The lowest BCUT2D eigenvalue weighted by Crippen LogP contribution is -2.46. The maximum absolute atomic E-state index is 11.8. The molecule has 2 N–H and O–H groups in total. The second kappa shape index (κ2) is 5.35. The second-order valence-electron chi connectivity index (χ2n) is 4.04. The van der Waals surface area contributed by atoms with Crippen LogP contribution in [0.25, 0.3) is 0 Å². The van der Waals surface area contributed by atoms with E-state index in [2.05, 4.69) is 21.2 Å². The highest BCUT2D eigenvalue weighted by atomic mass is 79.9. The molecule has 0 unspecified atom stereocenters. The number of furan rings is 1. The molecule has 5 nitrogen and oxygen atoms in total. The zero-order valence-corrected chi connectivity index (χ0v) is 11.2. The highest BCUT2D eigenvalue weighted by molar-refractivity contribution is 9.10. The second-order valence-corrected chi connectivity index (χ2v) is 4.82. The molecule has 0 aliphatic rings. The van der Waals surface area contributed by atoms with Gasteiger partial charge in [0.25, 0.3) is 5.91 Å². The van der Waals surface area contributed by atoms with Gasteiger partial charge in [0.2, 0.25) is 0 Å². The Kier molecular flexibility index (Phi) is 4.34. The third-order valence-electron chi connectivity index (χ3n) is 2.53. The Labute approximate surface area is 107 Å². The lowest BCUT2D eigenvalue weighted by Gasteiger charge is -2.27. The summed E-state index contributed by atoms with van der Waals surface area (Å²) < 4.78 is 5.56. The molecule has 0 saturated heterocycles. The number of hydrogen-bond acceptors (Lipinski definition) is 3. The normalized spacial score (nSPS) is 14.1. The molecule has 0 radical (unpaired) electrons. The largest absolute Gasteiger partial charge is 0.481 e. The Morgan fingerprint density at radius 1 is 1.53 bits per heavy atom. The van der Waals surface area contributed by atoms with Crippen LogP contribution in [0.3, 0.4) is 0 Å². The van der Waals surface area contributed by atoms with Gasteiger partial charge in [0, 0.05) is 5.54 Å². The molecule has 0 spiro atoms. The predicted octanol–water partition coefficient (Wildman–Crippen LogP) is 2.42. The molecular formula is C11H14BrNO4. The van der Waals surface area contributed by atoms with Crippen molar-refractivity contribution >= 4 is 27.8 Å². The fourth-order valence-electron chi connectivity index (χ4n) is 1.36. The minimum absolute atomic E-state index is 0.128. The van der Waals surface area contributed by atoms with E-state index in [1.165, 1.54) is 6.07 Å². The molecule has 94 valence electrons. The number of amides is 1. The first-order chi connectivity index (χ1) is 7.86. The number of halogens is 1. The smallest absolute Gasteiger partial charge is 0.305 e. The van der Waals surface area contributed by atoms with Crippen LogP contribution >= 0.6 is 15.9 Å². The topological polar surface area (TPSA) is 79.5 Å². The molecule has 1 rings (SSSR count). The molecule has 0 aromatic carbocycles. The minimum atomic E-state index is -0.949. The van der Waals surface area contributed by atoms with Crippen LogP contribution in [-0.2, 0) is 4.79 Å². The quantitative estimate of drug-likeness (QED) is 0.875. The van der Waals surface area contributed by atoms with E-state index in [9.17, 15) is 9.59 Å². The van der Waals surface area contributed by atoms with E-state index in [-0.39, 0.29) is 12.2 Å². The van der Waals surface area contributed by atoms with Crippen LogP contribution in [-0.4, -0.2) is 22.5 Å². The highest BCUT2D eigenvalue weighted by Crippen LogP contribution is 2.18. The molecule has 0 aliphatic carbocycles. The minimum Gasteiger partial charge on any atom is -0.481 e. The van der Waals surface area contributed by atoms with Crippen LogP contribution < -0.4 is 5.32 Å². The summed E-state index contributed by atoms with van der Waals surface area (Å²) in [6, 6.07) is 3.13. The van der Waals surface area contributed by atoms with Gasteiger partial charge in [-0.15, -0.1) is 0 Å². The van der Waals surface area contributed by atoms with Gasteiger partial charge in [0.05, 0.1) is 6.42 Å². The van der Waals surface area contributed by atoms with Crippen molar-refractivity contribution in [2.24, 2.45) is 0 Å². The lowest BCUT2D eigenvalue weighted by atomic mass is 9.94. The Morgan fingerprint density at radius 2 is 2.18 bits per heavy atom. The monoisotopic (exact) mass is 303 g/mol. The van der Waals surface area contributed by atoms with Gasteiger partial charge >= 0.3 is 5.97 Å². The first kappa shape index (κ1) is 13.8. The number of hydrogen-bond donors (Lipinski definition) is 2. The van der Waals surface area contributed by atoms with Crippen molar-refractivity contribution in [2.75, 3.05) is 0 Å². The summed E-state index contributed by atoms with van der Waals surface area (Å²) in [5.41, 5.74) is -0.776. The van der Waals surface area contributed by atoms with Crippen LogP contribution in [0.2, 0.25) is 0 Å². The summed E-state index contributed by atoms with van der Waals surface area (Å²) in [5, 5.41) is 11.5. The van der Waals surface area contributed by atoms with Crippen LogP contribution in [0.15, 0.2) is 21.2 Å². The first-order valence-corrected chi connectivity index (χ1v) is 5.95. The van der Waals surface area contributed by atoms with Gasteiger partial charge in [0.1, 0.15) is 0 Å². The van der Waals surface area contributed by atoms with E-state index < -0.39 is 17.4 Å². The Morgan fingerprint density at radius 3 is 2.59 bits per heavy atom. The molecule has 6 heteroatoms. The van der Waals surface area contributed by atoms with Crippen LogP contribution in [0.1, 0.15) is 37.2 Å². The summed E-state index contributed by atoms with van der Waals surface area (Å²) in [5.74, 6) is -1.21. The Balaban J connectivity index is 2.74. The zero-order valence-electron chi connectivity index (χ0n) is 9.62. The molecule has 1 amide bonds. The van der Waals surface area contributed by atoms with E-state index in [0.29, 0.717) is 11.1 Å². The van der Waals surface area contributed by atoms with Crippen molar-refractivity contribution in [2.45, 2.75) is 32.2 Å². The average Bonchev–Trinajstić information content (AvgIpc) is 2.63. The van der Waals surface area contributed by atoms with Gasteiger partial charge in [-0.25, -0.2) is 0 Å². The number of nitrogens with one attached hydrogen (secondary N) is 1. The summed E-state index contributed by atoms with van der Waals surface area (Å²) in [4.78, 5) is 22.5. The molecule has 0 fully saturated rings. The highest BCUT2D eigenvalue weighted by Gasteiger charge is 2.28. The number of carbonyl (C=O) groups is 2. The van der Waals surface area contributed by atoms with Gasteiger partial charge < -0.3 is 14.8 Å². The zero-order chi connectivity index (χ0) is 13.1. The van der Waals surface area contributed by atoms with Crippen LogP contribution in [0, 0.1) is 0 Å². The number of carboxylic acids is 1. The molecule has 1 atom stereocenters. The van der Waals surface area contributed by atoms with Crippen LogP contribution in [0.5, 0.6) is 0 Å². The van der Waals surface area contributed by atoms with Gasteiger partial charge in [-0.1, -0.05) is 6.92 Å². The van der Waals surface area contributed by atoms with E-state index in [1.54, 1.807) is 13.0 Å². The summed E-state index contributed by atoms with van der Waals surface area (Å²) >= 11 is 3.10. The standard InChI is InChI=1S/C11H14BrNO4/c1-3-11(2,6-9(14)15)13-10(16)7-4-5-8(12)17-7/h4-5H,3,6H2,1-2H3,(H,13,16)(H,14,15)/t11-/m1/s1. The van der Waals surface area contributed by atoms with Gasteiger partial charge in [-0.05, 0) is 41.4 Å². The third-order valence-corrected chi connectivity index (χ3v) is 2.96. The van der Waals surface area contributed by atoms with Crippen molar-refractivity contribution in [1.82, 2.24) is 5.32 Å². The fourth-order valence-corrected chi connectivity index (χ4v) is 1.67. The molecule has 0 aliphatic heterocycles. The van der Waals surface area contributed by atoms with E-state index in [4.69, 9.17) is 9.52 Å². The van der Waals surface area contributed by atoms with E-state index in [0.717, 1.165) is 0 Å². The van der Waals surface area contributed by atoms with Crippen molar-refractivity contribution in [3.05, 3.63) is 22.6 Å². The Bertz CT molecular complexity index is 429. The van der Waals surface area contributed by atoms with Gasteiger partial charge in [0.15, 0.2) is 10.4 Å². The fraction of sp³-hybridized carbons (Fsp3) is 0.455.